The van der Waals surface area contributed by atoms with Gasteiger partial charge in [0.25, 0.3) is 0 Å². The number of likely N-dealkylation sites (tertiary alicyclic amines) is 1. The minimum Gasteiger partial charge on any atom is -0.484 e. The predicted molar refractivity (Wildman–Crippen MR) is 120 cm³/mol. The Bertz CT molecular complexity index is 1080. The van der Waals surface area contributed by atoms with E-state index in [1.165, 1.54) is 19.2 Å². The molecule has 1 aliphatic carbocycles. The van der Waals surface area contributed by atoms with E-state index in [0.717, 1.165) is 47.1 Å². The average molecular weight is 456 g/mol. The number of benzene rings is 2. The zero-order valence-corrected chi connectivity index (χ0v) is 18.4. The van der Waals surface area contributed by atoms with Crippen LogP contribution < -0.4 is 10.1 Å². The molecule has 0 radical (unpaired) electrons. The van der Waals surface area contributed by atoms with Crippen molar-refractivity contribution in [3.63, 3.8) is 0 Å². The summed E-state index contributed by atoms with van der Waals surface area (Å²) in [5.74, 6) is 0.820. The first-order valence-corrected chi connectivity index (χ1v) is 11.5. The van der Waals surface area contributed by atoms with Gasteiger partial charge in [0.2, 0.25) is 0 Å². The smallest absolute Gasteiger partial charge is 0.140 e. The third-order valence-electron chi connectivity index (χ3n) is 6.76. The van der Waals surface area contributed by atoms with Crippen molar-refractivity contribution in [2.24, 2.45) is 0 Å². The SMILES string of the molecule is Clc1cc(Cl)c2c(c1)C(Oc1ccc(-n3cncn3)cc1)C(N1CC3CCC(C1)N3)C2. The predicted octanol–water partition coefficient (Wildman–Crippen LogP) is 4.06. The van der Waals surface area contributed by atoms with E-state index < -0.39 is 0 Å². The summed E-state index contributed by atoms with van der Waals surface area (Å²) in [5.41, 5.74) is 3.21. The molecule has 6 rings (SSSR count). The second kappa shape index (κ2) is 7.78. The third-order valence-corrected chi connectivity index (χ3v) is 7.32. The molecule has 3 aliphatic rings. The van der Waals surface area contributed by atoms with E-state index in [9.17, 15) is 0 Å². The van der Waals surface area contributed by atoms with Crippen LogP contribution in [0.25, 0.3) is 5.69 Å². The van der Waals surface area contributed by atoms with Gasteiger partial charge in [0, 0.05) is 40.8 Å². The highest BCUT2D eigenvalue weighted by atomic mass is 35.5. The van der Waals surface area contributed by atoms with Crippen molar-refractivity contribution in [3.8, 4) is 11.4 Å². The van der Waals surface area contributed by atoms with E-state index in [1.807, 2.05) is 36.4 Å². The Morgan fingerprint density at radius 3 is 2.52 bits per heavy atom. The van der Waals surface area contributed by atoms with Crippen LogP contribution in [0.4, 0.5) is 0 Å². The van der Waals surface area contributed by atoms with Crippen LogP contribution in [0.2, 0.25) is 10.0 Å². The molecule has 4 unspecified atom stereocenters. The van der Waals surface area contributed by atoms with Crippen LogP contribution in [0, 0.1) is 0 Å². The summed E-state index contributed by atoms with van der Waals surface area (Å²) in [6.45, 7) is 2.09. The molecule has 2 fully saturated rings. The molecular formula is C23H23Cl2N5O. The number of hydrogen-bond acceptors (Lipinski definition) is 5. The highest BCUT2D eigenvalue weighted by Gasteiger charge is 2.43. The summed E-state index contributed by atoms with van der Waals surface area (Å²) in [7, 11) is 0. The first-order valence-electron chi connectivity index (χ1n) is 10.7. The molecular weight excluding hydrogens is 433 g/mol. The second-order valence-electron chi connectivity index (χ2n) is 8.69. The standard InChI is InChI=1S/C23H23Cl2N5O/c24-14-7-20-19(21(25)8-14)9-22(29-10-15-1-2-16(11-29)28-15)23(20)31-18-5-3-17(4-6-18)30-13-26-12-27-30/h3-8,12-13,15-16,22-23,28H,1-2,9-11H2. The molecule has 1 aromatic heterocycles. The molecule has 2 bridgehead atoms. The van der Waals surface area contributed by atoms with Crippen molar-refractivity contribution < 1.29 is 4.74 Å². The van der Waals surface area contributed by atoms with E-state index in [0.29, 0.717) is 17.1 Å². The Balaban J connectivity index is 1.31. The molecule has 2 aliphatic heterocycles. The van der Waals surface area contributed by atoms with E-state index in [1.54, 1.807) is 11.0 Å². The largest absolute Gasteiger partial charge is 0.484 e. The molecule has 3 heterocycles. The molecule has 3 aromatic rings. The molecule has 0 spiro atoms. The molecule has 2 aromatic carbocycles. The zero-order chi connectivity index (χ0) is 20.9. The molecule has 4 atom stereocenters. The first-order chi connectivity index (χ1) is 15.1. The van der Waals surface area contributed by atoms with Gasteiger partial charge in [-0.05, 0) is 61.2 Å². The fourth-order valence-corrected chi connectivity index (χ4v) is 5.93. The Morgan fingerprint density at radius 2 is 1.81 bits per heavy atom. The lowest BCUT2D eigenvalue weighted by Gasteiger charge is -2.39. The second-order valence-corrected chi connectivity index (χ2v) is 9.53. The van der Waals surface area contributed by atoms with Gasteiger partial charge in [-0.15, -0.1) is 0 Å². The van der Waals surface area contributed by atoms with Gasteiger partial charge < -0.3 is 10.1 Å². The number of rotatable bonds is 4. The number of halogens is 2. The summed E-state index contributed by atoms with van der Waals surface area (Å²) >= 11 is 13.0. The molecule has 1 N–H and O–H groups in total. The van der Waals surface area contributed by atoms with Crippen molar-refractivity contribution in [2.75, 3.05) is 13.1 Å². The van der Waals surface area contributed by atoms with Crippen LogP contribution in [0.3, 0.4) is 0 Å². The van der Waals surface area contributed by atoms with Gasteiger partial charge >= 0.3 is 0 Å². The Kier molecular flexibility index (Phi) is 4.91. The lowest BCUT2D eigenvalue weighted by atomic mass is 10.1. The van der Waals surface area contributed by atoms with Gasteiger partial charge in [0.1, 0.15) is 24.5 Å². The Morgan fingerprint density at radius 1 is 1.03 bits per heavy atom. The maximum absolute atomic E-state index is 6.62. The number of ether oxygens (including phenoxy) is 1. The quantitative estimate of drug-likeness (QED) is 0.642. The summed E-state index contributed by atoms with van der Waals surface area (Å²) in [4.78, 5) is 6.60. The van der Waals surface area contributed by atoms with Crippen molar-refractivity contribution in [2.45, 2.75) is 43.5 Å². The molecule has 8 heteroatoms. The number of nitrogens with one attached hydrogen (secondary N) is 1. The Hall–Kier alpha value is -2.12. The normalized spacial score (nSPS) is 27.4. The summed E-state index contributed by atoms with van der Waals surface area (Å²) in [6.07, 6.45) is 6.49. The zero-order valence-electron chi connectivity index (χ0n) is 16.9. The van der Waals surface area contributed by atoms with Crippen molar-refractivity contribution in [1.82, 2.24) is 25.0 Å². The van der Waals surface area contributed by atoms with Gasteiger partial charge in [-0.2, -0.15) is 5.10 Å². The van der Waals surface area contributed by atoms with Gasteiger partial charge in [0.05, 0.1) is 11.7 Å². The van der Waals surface area contributed by atoms with Gasteiger partial charge in [-0.3, -0.25) is 4.90 Å². The fourth-order valence-electron chi connectivity index (χ4n) is 5.35. The topological polar surface area (TPSA) is 55.2 Å². The van der Waals surface area contributed by atoms with Crippen LogP contribution >= 0.6 is 23.2 Å². The third kappa shape index (κ3) is 3.61. The van der Waals surface area contributed by atoms with Gasteiger partial charge in [-0.25, -0.2) is 9.67 Å². The van der Waals surface area contributed by atoms with Crippen LogP contribution in [0.15, 0.2) is 49.1 Å². The fraction of sp³-hybridized carbons (Fsp3) is 0.391. The molecule has 6 nitrogen and oxygen atoms in total. The monoisotopic (exact) mass is 455 g/mol. The van der Waals surface area contributed by atoms with Crippen LogP contribution in [-0.2, 0) is 6.42 Å². The van der Waals surface area contributed by atoms with E-state index in [2.05, 4.69) is 20.3 Å². The summed E-state index contributed by atoms with van der Waals surface area (Å²) in [5, 5.41) is 9.30. The molecule has 160 valence electrons. The molecule has 0 saturated carbocycles. The first kappa shape index (κ1) is 19.6. The minimum atomic E-state index is -0.110. The van der Waals surface area contributed by atoms with Gasteiger partial charge in [-0.1, -0.05) is 23.2 Å². The average Bonchev–Trinajstić information content (AvgIpc) is 3.49. The number of hydrogen-bond donors (Lipinski definition) is 1. The van der Waals surface area contributed by atoms with Crippen molar-refractivity contribution >= 4 is 23.2 Å². The lowest BCUT2D eigenvalue weighted by Crippen LogP contribution is -2.55. The van der Waals surface area contributed by atoms with E-state index in [4.69, 9.17) is 27.9 Å². The van der Waals surface area contributed by atoms with Crippen molar-refractivity contribution in [3.05, 3.63) is 70.2 Å². The Labute approximate surface area is 191 Å². The summed E-state index contributed by atoms with van der Waals surface area (Å²) < 4.78 is 8.35. The lowest BCUT2D eigenvalue weighted by molar-refractivity contribution is 0.0555. The summed E-state index contributed by atoms with van der Waals surface area (Å²) in [6, 6.07) is 13.2. The maximum atomic E-state index is 6.62. The van der Waals surface area contributed by atoms with E-state index >= 15 is 0 Å². The molecule has 31 heavy (non-hydrogen) atoms. The minimum absolute atomic E-state index is 0.110. The van der Waals surface area contributed by atoms with Crippen LogP contribution in [0.1, 0.15) is 30.1 Å². The van der Waals surface area contributed by atoms with E-state index in [-0.39, 0.29) is 12.1 Å². The highest BCUT2D eigenvalue weighted by molar-refractivity contribution is 6.35. The number of piperazine rings is 1. The number of aromatic nitrogens is 3. The maximum Gasteiger partial charge on any atom is 0.140 e. The molecule has 0 amide bonds. The number of nitrogens with zero attached hydrogens (tertiary/aromatic N) is 4. The highest BCUT2D eigenvalue weighted by Crippen LogP contribution is 2.43. The number of fused-ring (bicyclic) bond motifs is 3. The molecule has 2 saturated heterocycles. The van der Waals surface area contributed by atoms with Crippen LogP contribution in [-0.4, -0.2) is 50.9 Å². The van der Waals surface area contributed by atoms with Crippen molar-refractivity contribution in [1.29, 1.82) is 0 Å². The van der Waals surface area contributed by atoms with Crippen LogP contribution in [0.5, 0.6) is 5.75 Å². The van der Waals surface area contributed by atoms with Gasteiger partial charge in [0.15, 0.2) is 0 Å².